The molecule has 0 aromatic heterocycles. The second-order valence-electron chi connectivity index (χ2n) is 7.59. The normalized spacial score (nSPS) is 21.7. The summed E-state index contributed by atoms with van der Waals surface area (Å²) in [6.07, 6.45) is 10.7. The zero-order chi connectivity index (χ0) is 20.9. The van der Waals surface area contributed by atoms with Crippen LogP contribution in [0.2, 0.25) is 5.02 Å². The summed E-state index contributed by atoms with van der Waals surface area (Å²) in [5.41, 5.74) is 1.99. The molecule has 0 spiro atoms. The van der Waals surface area contributed by atoms with Gasteiger partial charge in [0.05, 0.1) is 11.3 Å². The first kappa shape index (κ1) is 22.0. The van der Waals surface area contributed by atoms with Crippen LogP contribution >= 0.6 is 23.4 Å². The summed E-state index contributed by atoms with van der Waals surface area (Å²) < 4.78 is 0.186. The molecule has 0 radical (unpaired) electrons. The van der Waals surface area contributed by atoms with Gasteiger partial charge in [-0.1, -0.05) is 48.0 Å². The fourth-order valence-electron chi connectivity index (χ4n) is 3.82. The van der Waals surface area contributed by atoms with Crippen molar-refractivity contribution < 1.29 is 14.7 Å². The lowest BCUT2D eigenvalue weighted by Gasteiger charge is -2.29. The van der Waals surface area contributed by atoms with Crippen molar-refractivity contribution in [3.8, 4) is 0 Å². The molecule has 1 saturated carbocycles. The second-order valence-corrected chi connectivity index (χ2v) is 9.24. The van der Waals surface area contributed by atoms with Gasteiger partial charge in [0.15, 0.2) is 5.78 Å². The van der Waals surface area contributed by atoms with Gasteiger partial charge in [0.1, 0.15) is 12.4 Å². The zero-order valence-electron chi connectivity index (χ0n) is 17.0. The highest BCUT2D eigenvalue weighted by atomic mass is 35.5. The molecule has 0 aliphatic heterocycles. The minimum Gasteiger partial charge on any atom is -0.511 e. The van der Waals surface area contributed by atoms with Crippen molar-refractivity contribution in [3.63, 3.8) is 0 Å². The summed E-state index contributed by atoms with van der Waals surface area (Å²) in [6, 6.07) is 7.61. The molecule has 1 unspecified atom stereocenters. The molecule has 1 fully saturated rings. The number of aliphatic hydroxyl groups excluding tert-OH is 1. The Bertz CT molecular complexity index is 825. The number of hydrogen-bond donors (Lipinski definition) is 1. The van der Waals surface area contributed by atoms with Gasteiger partial charge in [-0.05, 0) is 49.1 Å². The number of rotatable bonds is 9. The summed E-state index contributed by atoms with van der Waals surface area (Å²) in [4.78, 5) is 18.2. The number of allylic oxidation sites excluding steroid dienone is 2. The van der Waals surface area contributed by atoms with Crippen LogP contribution in [0.15, 0.2) is 46.8 Å². The van der Waals surface area contributed by atoms with E-state index in [0.717, 1.165) is 18.4 Å². The number of thioether (sulfide) groups is 1. The van der Waals surface area contributed by atoms with Crippen LogP contribution in [0.1, 0.15) is 51.0 Å². The number of benzene rings is 1. The number of aliphatic hydroxyl groups is 1. The minimum absolute atomic E-state index is 0.00842. The molecule has 2 aliphatic rings. The molecule has 2 aliphatic carbocycles. The predicted octanol–water partition coefficient (Wildman–Crippen LogP) is 6.21. The fraction of sp³-hybridized carbons (Fsp3) is 0.478. The van der Waals surface area contributed by atoms with Crippen LogP contribution in [-0.2, 0) is 9.63 Å². The average Bonchev–Trinajstić information content (AvgIpc) is 3.51. The Labute approximate surface area is 182 Å². The third-order valence-corrected chi connectivity index (χ3v) is 7.49. The smallest absolute Gasteiger partial charge is 0.168 e. The molecule has 0 amide bonds. The minimum atomic E-state index is -0.00842. The van der Waals surface area contributed by atoms with E-state index in [4.69, 9.17) is 16.4 Å². The van der Waals surface area contributed by atoms with Gasteiger partial charge in [-0.25, -0.2) is 0 Å². The number of oxime groups is 1. The van der Waals surface area contributed by atoms with E-state index >= 15 is 0 Å². The van der Waals surface area contributed by atoms with E-state index < -0.39 is 0 Å². The quantitative estimate of drug-likeness (QED) is 0.285. The van der Waals surface area contributed by atoms with Crippen molar-refractivity contribution in [3.05, 3.63) is 52.3 Å². The van der Waals surface area contributed by atoms with Crippen molar-refractivity contribution in [2.24, 2.45) is 11.1 Å². The molecular weight excluding hydrogens is 406 g/mol. The standard InChI is InChI=1S/C23H28ClNO3S/c1-3-19(25-28-13-5-4-6-16-7-9-18(24)10-8-16)22-20(26)14-17(15-21(22)27)23(29-2)11-12-23/h4,6-10,17,26H,3,5,11-15H2,1-2H3/b6-4+,25-19?. The molecule has 1 N–H and O–H groups in total. The van der Waals surface area contributed by atoms with Gasteiger partial charge in [-0.3, -0.25) is 4.79 Å². The van der Waals surface area contributed by atoms with E-state index in [1.807, 2.05) is 55.1 Å². The van der Waals surface area contributed by atoms with Crippen molar-refractivity contribution in [1.82, 2.24) is 0 Å². The Morgan fingerprint density at radius 2 is 2.07 bits per heavy atom. The molecule has 0 heterocycles. The second kappa shape index (κ2) is 9.86. The molecule has 0 saturated heterocycles. The molecule has 1 aromatic carbocycles. The van der Waals surface area contributed by atoms with Gasteiger partial charge in [0, 0.05) is 29.0 Å². The number of nitrogens with zero attached hydrogens (tertiary/aromatic N) is 1. The van der Waals surface area contributed by atoms with E-state index in [9.17, 15) is 9.90 Å². The molecule has 29 heavy (non-hydrogen) atoms. The highest BCUT2D eigenvalue weighted by Gasteiger charge is 2.51. The fourth-order valence-corrected chi connectivity index (χ4v) is 4.96. The lowest BCUT2D eigenvalue weighted by molar-refractivity contribution is -0.116. The van der Waals surface area contributed by atoms with Gasteiger partial charge in [-0.15, -0.1) is 0 Å². The Balaban J connectivity index is 1.55. The Hall–Kier alpha value is -1.72. The molecule has 6 heteroatoms. The van der Waals surface area contributed by atoms with Crippen molar-refractivity contribution in [2.45, 2.75) is 50.2 Å². The Morgan fingerprint density at radius 1 is 1.34 bits per heavy atom. The maximum atomic E-state index is 12.7. The van der Waals surface area contributed by atoms with Crippen LogP contribution in [-0.4, -0.2) is 34.2 Å². The van der Waals surface area contributed by atoms with E-state index in [0.29, 0.717) is 48.6 Å². The molecule has 156 valence electrons. The third kappa shape index (κ3) is 5.46. The number of halogens is 1. The third-order valence-electron chi connectivity index (χ3n) is 5.69. The van der Waals surface area contributed by atoms with Gasteiger partial charge in [0.2, 0.25) is 0 Å². The lowest BCUT2D eigenvalue weighted by Crippen LogP contribution is -2.30. The number of hydrogen-bond acceptors (Lipinski definition) is 5. The van der Waals surface area contributed by atoms with Crippen LogP contribution in [0, 0.1) is 5.92 Å². The first-order valence-electron chi connectivity index (χ1n) is 10.1. The molecule has 4 nitrogen and oxygen atoms in total. The Kier molecular flexibility index (Phi) is 7.47. The first-order valence-corrected chi connectivity index (χ1v) is 11.7. The molecular formula is C23H28ClNO3S. The first-order chi connectivity index (χ1) is 14.0. The number of Topliss-reactive ketones (excluding diaryl/α,β-unsaturated/α-hetero) is 1. The Morgan fingerprint density at radius 3 is 2.66 bits per heavy atom. The van der Waals surface area contributed by atoms with Crippen LogP contribution in [0.3, 0.4) is 0 Å². The summed E-state index contributed by atoms with van der Waals surface area (Å²) in [7, 11) is 0. The van der Waals surface area contributed by atoms with Gasteiger partial charge in [-0.2, -0.15) is 11.8 Å². The van der Waals surface area contributed by atoms with Crippen LogP contribution < -0.4 is 0 Å². The zero-order valence-corrected chi connectivity index (χ0v) is 18.6. The summed E-state index contributed by atoms with van der Waals surface area (Å²) in [5, 5.41) is 15.5. The highest BCUT2D eigenvalue weighted by Crippen LogP contribution is 2.56. The highest BCUT2D eigenvalue weighted by molar-refractivity contribution is 8.00. The molecule has 1 aromatic rings. The topological polar surface area (TPSA) is 58.9 Å². The van der Waals surface area contributed by atoms with E-state index in [2.05, 4.69) is 11.4 Å². The van der Waals surface area contributed by atoms with Gasteiger partial charge < -0.3 is 9.94 Å². The molecule has 3 rings (SSSR count). The maximum Gasteiger partial charge on any atom is 0.168 e. The lowest BCUT2D eigenvalue weighted by atomic mass is 9.82. The average molecular weight is 434 g/mol. The summed E-state index contributed by atoms with van der Waals surface area (Å²) >= 11 is 7.71. The largest absolute Gasteiger partial charge is 0.511 e. The van der Waals surface area contributed by atoms with Crippen molar-refractivity contribution in [2.75, 3.05) is 12.9 Å². The SMILES string of the molecule is CCC(=NOCC/C=C/c1ccc(Cl)cc1)C1=C(O)CC(C2(SC)CC2)CC1=O. The van der Waals surface area contributed by atoms with Gasteiger partial charge in [0.25, 0.3) is 0 Å². The molecule has 1 atom stereocenters. The monoisotopic (exact) mass is 433 g/mol. The van der Waals surface area contributed by atoms with Crippen LogP contribution in [0.25, 0.3) is 6.08 Å². The number of carbonyl (C=O) groups is 1. The van der Waals surface area contributed by atoms with Gasteiger partial charge >= 0.3 is 0 Å². The molecule has 0 bridgehead atoms. The van der Waals surface area contributed by atoms with Crippen LogP contribution in [0.4, 0.5) is 0 Å². The summed E-state index contributed by atoms with van der Waals surface area (Å²) in [6.45, 7) is 2.33. The van der Waals surface area contributed by atoms with Crippen LogP contribution in [0.5, 0.6) is 0 Å². The van der Waals surface area contributed by atoms with Crippen molar-refractivity contribution in [1.29, 1.82) is 0 Å². The van der Waals surface area contributed by atoms with Crippen molar-refractivity contribution >= 4 is 40.9 Å². The maximum absolute atomic E-state index is 12.7. The van der Waals surface area contributed by atoms with E-state index in [-0.39, 0.29) is 22.2 Å². The van der Waals surface area contributed by atoms with E-state index in [1.54, 1.807) is 0 Å². The van der Waals surface area contributed by atoms with E-state index in [1.165, 1.54) is 0 Å². The predicted molar refractivity (Wildman–Crippen MR) is 122 cm³/mol. The number of ketones is 1. The number of carbonyl (C=O) groups excluding carboxylic acids is 1. The summed E-state index contributed by atoms with van der Waals surface area (Å²) in [5.74, 6) is 0.398.